The van der Waals surface area contributed by atoms with Gasteiger partial charge < -0.3 is 4.74 Å². The Bertz CT molecular complexity index is 1140. The fourth-order valence-electron chi connectivity index (χ4n) is 2.37. The molecule has 9 heteroatoms. The van der Waals surface area contributed by atoms with Crippen LogP contribution in [-0.4, -0.2) is 30.3 Å². The molecule has 2 heterocycles. The molecule has 2 aromatic heterocycles. The first kappa shape index (κ1) is 18.7. The average molecular weight is 387 g/mol. The van der Waals surface area contributed by atoms with Gasteiger partial charge in [0.25, 0.3) is 5.56 Å². The van der Waals surface area contributed by atoms with Crippen LogP contribution in [0, 0.1) is 6.92 Å². The molecule has 0 spiro atoms. The van der Waals surface area contributed by atoms with Crippen molar-refractivity contribution in [2.24, 2.45) is 0 Å². The molecule has 1 aromatic carbocycles. The summed E-state index contributed by atoms with van der Waals surface area (Å²) in [6.45, 7) is 1.12. The number of sulfonamides is 1. The van der Waals surface area contributed by atoms with Gasteiger partial charge in [0, 0.05) is 12.3 Å². The van der Waals surface area contributed by atoms with Crippen molar-refractivity contribution >= 4 is 21.6 Å². The lowest BCUT2D eigenvalue weighted by Crippen LogP contribution is -2.30. The number of nitrogens with zero attached hydrogens (tertiary/aromatic N) is 2. The highest BCUT2D eigenvalue weighted by Crippen LogP contribution is 2.07. The summed E-state index contributed by atoms with van der Waals surface area (Å²) >= 11 is 0. The van der Waals surface area contributed by atoms with Gasteiger partial charge in [0.1, 0.15) is 18.8 Å². The van der Waals surface area contributed by atoms with Crippen LogP contribution < -0.4 is 10.3 Å². The van der Waals surface area contributed by atoms with Gasteiger partial charge in [0.15, 0.2) is 0 Å². The summed E-state index contributed by atoms with van der Waals surface area (Å²) in [6.07, 6.45) is 1.62. The maximum Gasteiger partial charge on any atom is 0.321 e. The molecule has 0 aliphatic carbocycles. The van der Waals surface area contributed by atoms with E-state index in [-0.39, 0.29) is 22.8 Å². The van der Waals surface area contributed by atoms with E-state index >= 15 is 0 Å². The van der Waals surface area contributed by atoms with Crippen LogP contribution in [0.25, 0.3) is 5.65 Å². The lowest BCUT2D eigenvalue weighted by molar-refractivity contribution is -0.143. The second kappa shape index (κ2) is 7.68. The fraction of sp³-hybridized carbons (Fsp3) is 0.167. The molecule has 8 nitrogen and oxygen atoms in total. The van der Waals surface area contributed by atoms with Crippen LogP contribution in [-0.2, 0) is 26.2 Å². The number of carbonyl (C=O) groups is 1. The van der Waals surface area contributed by atoms with E-state index in [4.69, 9.17) is 4.74 Å². The molecule has 27 heavy (non-hydrogen) atoms. The molecule has 3 rings (SSSR count). The lowest BCUT2D eigenvalue weighted by Gasteiger charge is -2.08. The van der Waals surface area contributed by atoms with Gasteiger partial charge in [-0.05, 0) is 36.8 Å². The molecule has 0 aliphatic heterocycles. The number of pyridine rings is 1. The van der Waals surface area contributed by atoms with Crippen LogP contribution in [0.15, 0.2) is 64.4 Å². The standard InChI is InChI=1S/C18H17N3O5S/c1-13-7-8-21-16(9-13)20-14(10-17(21)22)12-26-18(23)11-19-27(24,25)15-5-3-2-4-6-15/h2-10,19H,11-12H2,1H3. The molecule has 0 aliphatic rings. The van der Waals surface area contributed by atoms with Crippen molar-refractivity contribution in [2.75, 3.05) is 6.54 Å². The molecular weight excluding hydrogens is 370 g/mol. The first-order valence-electron chi connectivity index (χ1n) is 8.04. The summed E-state index contributed by atoms with van der Waals surface area (Å²) in [5, 5.41) is 0. The number of aromatic nitrogens is 2. The van der Waals surface area contributed by atoms with Gasteiger partial charge in [0.05, 0.1) is 10.6 Å². The topological polar surface area (TPSA) is 107 Å². The summed E-state index contributed by atoms with van der Waals surface area (Å²) in [6, 6.07) is 12.5. The maximum atomic E-state index is 12.1. The molecule has 3 aromatic rings. The third kappa shape index (κ3) is 4.57. The van der Waals surface area contributed by atoms with Crippen LogP contribution in [0.5, 0.6) is 0 Å². The number of nitrogens with one attached hydrogen (secondary N) is 1. The lowest BCUT2D eigenvalue weighted by atomic mass is 10.3. The predicted octanol–water partition coefficient (Wildman–Crippen LogP) is 1.02. The Kier molecular flexibility index (Phi) is 5.33. The van der Waals surface area contributed by atoms with E-state index < -0.39 is 22.5 Å². The van der Waals surface area contributed by atoms with Crippen molar-refractivity contribution in [1.29, 1.82) is 0 Å². The number of fused-ring (bicyclic) bond motifs is 1. The Hall–Kier alpha value is -3.04. The minimum absolute atomic E-state index is 0.0531. The Morgan fingerprint density at radius 2 is 1.93 bits per heavy atom. The van der Waals surface area contributed by atoms with Gasteiger partial charge in [-0.3, -0.25) is 14.0 Å². The van der Waals surface area contributed by atoms with Gasteiger partial charge in [0.2, 0.25) is 10.0 Å². The molecule has 0 saturated heterocycles. The van der Waals surface area contributed by atoms with E-state index in [1.54, 1.807) is 36.5 Å². The van der Waals surface area contributed by atoms with E-state index in [1.807, 2.05) is 6.92 Å². The third-order valence-electron chi connectivity index (χ3n) is 3.72. The molecular formula is C18H17N3O5S. The highest BCUT2D eigenvalue weighted by molar-refractivity contribution is 7.89. The number of rotatable bonds is 6. The molecule has 0 atom stereocenters. The molecule has 0 bridgehead atoms. The predicted molar refractivity (Wildman–Crippen MR) is 97.6 cm³/mol. The van der Waals surface area contributed by atoms with Crippen molar-refractivity contribution in [3.63, 3.8) is 0 Å². The molecule has 0 saturated carbocycles. The summed E-state index contributed by atoms with van der Waals surface area (Å²) in [5.74, 6) is -0.777. The highest BCUT2D eigenvalue weighted by atomic mass is 32.2. The van der Waals surface area contributed by atoms with Crippen LogP contribution in [0.2, 0.25) is 0 Å². The van der Waals surface area contributed by atoms with E-state index in [0.29, 0.717) is 5.65 Å². The minimum Gasteiger partial charge on any atom is -0.458 e. The Balaban J connectivity index is 1.63. The quantitative estimate of drug-likeness (QED) is 0.633. The minimum atomic E-state index is -3.80. The van der Waals surface area contributed by atoms with E-state index in [0.717, 1.165) is 5.56 Å². The van der Waals surface area contributed by atoms with Gasteiger partial charge in [-0.15, -0.1) is 0 Å². The number of ether oxygens (including phenoxy) is 1. The van der Waals surface area contributed by atoms with E-state index in [1.165, 1.54) is 22.6 Å². The van der Waals surface area contributed by atoms with Gasteiger partial charge in [-0.2, -0.15) is 4.72 Å². The number of esters is 1. The first-order valence-corrected chi connectivity index (χ1v) is 9.53. The second-order valence-electron chi connectivity index (χ2n) is 5.82. The Labute approximate surface area is 155 Å². The zero-order chi connectivity index (χ0) is 19.4. The van der Waals surface area contributed by atoms with Crippen LogP contribution >= 0.6 is 0 Å². The van der Waals surface area contributed by atoms with Gasteiger partial charge in [-0.1, -0.05) is 18.2 Å². The molecule has 0 unspecified atom stereocenters. The molecule has 0 amide bonds. The zero-order valence-corrected chi connectivity index (χ0v) is 15.3. The molecule has 0 radical (unpaired) electrons. The van der Waals surface area contributed by atoms with Crippen LogP contribution in [0.1, 0.15) is 11.3 Å². The molecule has 0 fully saturated rings. The normalized spacial score (nSPS) is 11.4. The summed E-state index contributed by atoms with van der Waals surface area (Å²) in [7, 11) is -3.80. The van der Waals surface area contributed by atoms with Crippen molar-refractivity contribution in [3.8, 4) is 0 Å². The fourth-order valence-corrected chi connectivity index (χ4v) is 3.36. The smallest absolute Gasteiger partial charge is 0.321 e. The molecule has 140 valence electrons. The Morgan fingerprint density at radius 3 is 2.67 bits per heavy atom. The van der Waals surface area contributed by atoms with Crippen molar-refractivity contribution < 1.29 is 17.9 Å². The number of benzene rings is 1. The van der Waals surface area contributed by atoms with Crippen LogP contribution in [0.4, 0.5) is 0 Å². The summed E-state index contributed by atoms with van der Waals surface area (Å²) in [5.41, 5.74) is 1.37. The average Bonchev–Trinajstić information content (AvgIpc) is 2.65. The second-order valence-corrected chi connectivity index (χ2v) is 7.58. The van der Waals surface area contributed by atoms with Crippen molar-refractivity contribution in [2.45, 2.75) is 18.4 Å². The Morgan fingerprint density at radius 1 is 1.19 bits per heavy atom. The number of hydrogen-bond donors (Lipinski definition) is 1. The van der Waals surface area contributed by atoms with E-state index in [2.05, 4.69) is 9.71 Å². The maximum absolute atomic E-state index is 12.1. The summed E-state index contributed by atoms with van der Waals surface area (Å²) in [4.78, 5) is 28.2. The highest BCUT2D eigenvalue weighted by Gasteiger charge is 2.15. The summed E-state index contributed by atoms with van der Waals surface area (Å²) < 4.78 is 32.7. The van der Waals surface area contributed by atoms with E-state index in [9.17, 15) is 18.0 Å². The number of carbonyl (C=O) groups excluding carboxylic acids is 1. The SMILES string of the molecule is Cc1ccn2c(=O)cc(COC(=O)CNS(=O)(=O)c3ccccc3)nc2c1. The number of aryl methyl sites for hydroxylation is 1. The van der Waals surface area contributed by atoms with Crippen LogP contribution in [0.3, 0.4) is 0 Å². The van der Waals surface area contributed by atoms with Gasteiger partial charge >= 0.3 is 5.97 Å². The largest absolute Gasteiger partial charge is 0.458 e. The van der Waals surface area contributed by atoms with Gasteiger partial charge in [-0.25, -0.2) is 13.4 Å². The first-order chi connectivity index (χ1) is 12.8. The van der Waals surface area contributed by atoms with Crippen molar-refractivity contribution in [3.05, 3.63) is 76.3 Å². The zero-order valence-electron chi connectivity index (χ0n) is 14.5. The van der Waals surface area contributed by atoms with Crippen molar-refractivity contribution in [1.82, 2.24) is 14.1 Å². The molecule has 1 N–H and O–H groups in total. The number of hydrogen-bond acceptors (Lipinski definition) is 6. The monoisotopic (exact) mass is 387 g/mol. The third-order valence-corrected chi connectivity index (χ3v) is 5.13.